The normalized spacial score (nSPS) is 11.8. The van der Waals surface area contributed by atoms with E-state index in [0.717, 1.165) is 57.8 Å². The molecule has 0 heterocycles. The summed E-state index contributed by atoms with van der Waals surface area (Å²) in [4.78, 5) is 37.7. The lowest BCUT2D eigenvalue weighted by Gasteiger charge is -2.18. The van der Waals surface area contributed by atoms with E-state index < -0.39 is 6.10 Å². The highest BCUT2D eigenvalue weighted by Gasteiger charge is 2.19. The molecule has 0 spiro atoms. The van der Waals surface area contributed by atoms with Crippen LogP contribution in [0.25, 0.3) is 0 Å². The number of hydrogen-bond acceptors (Lipinski definition) is 6. The van der Waals surface area contributed by atoms with Crippen molar-refractivity contribution >= 4 is 17.9 Å². The van der Waals surface area contributed by atoms with Crippen LogP contribution in [-0.2, 0) is 28.6 Å². The second-order valence-electron chi connectivity index (χ2n) is 17.1. The summed E-state index contributed by atoms with van der Waals surface area (Å²) < 4.78 is 16.7. The van der Waals surface area contributed by atoms with Crippen LogP contribution in [0.5, 0.6) is 0 Å². The zero-order chi connectivity index (χ0) is 40.8. The Labute approximate surface area is 348 Å². The Morgan fingerprint density at radius 2 is 0.482 bits per heavy atom. The summed E-state index contributed by atoms with van der Waals surface area (Å²) >= 11 is 0. The van der Waals surface area contributed by atoms with Gasteiger partial charge in [0.15, 0.2) is 6.10 Å². The van der Waals surface area contributed by atoms with Crippen molar-refractivity contribution in [2.75, 3.05) is 13.2 Å². The van der Waals surface area contributed by atoms with Crippen molar-refractivity contribution in [2.24, 2.45) is 0 Å². The van der Waals surface area contributed by atoms with Gasteiger partial charge in [-0.3, -0.25) is 14.4 Å². The molecule has 0 aliphatic carbocycles. The second-order valence-corrected chi connectivity index (χ2v) is 17.1. The predicted molar refractivity (Wildman–Crippen MR) is 238 cm³/mol. The lowest BCUT2D eigenvalue weighted by molar-refractivity contribution is -0.167. The minimum Gasteiger partial charge on any atom is -0.462 e. The molecule has 0 aromatic heterocycles. The molecular formula is C50H96O6. The molecule has 0 fully saturated rings. The van der Waals surface area contributed by atoms with Crippen LogP contribution < -0.4 is 0 Å². The summed E-state index contributed by atoms with van der Waals surface area (Å²) in [6.45, 7) is 6.63. The van der Waals surface area contributed by atoms with Crippen molar-refractivity contribution in [3.05, 3.63) is 0 Å². The zero-order valence-corrected chi connectivity index (χ0v) is 37.9. The number of hydrogen-bond donors (Lipinski definition) is 0. The smallest absolute Gasteiger partial charge is 0.306 e. The van der Waals surface area contributed by atoms with Crippen LogP contribution in [0.4, 0.5) is 0 Å². The molecule has 0 amide bonds. The molecule has 6 nitrogen and oxygen atoms in total. The van der Waals surface area contributed by atoms with Crippen LogP contribution in [0.2, 0.25) is 0 Å². The summed E-state index contributed by atoms with van der Waals surface area (Å²) in [5.41, 5.74) is 0. The standard InChI is InChI=1S/C50H96O6/c1-4-7-10-13-16-18-20-22-24-25-26-28-30-32-35-37-40-43-49(52)55-46-47(56-50(53)44-41-38-33-15-12-9-6-3)45-54-48(51)42-39-36-34-31-29-27-23-21-19-17-14-11-8-5-2/h47H,4-46H2,1-3H3/t47-/m1/s1. The molecule has 0 aliphatic rings. The maximum Gasteiger partial charge on any atom is 0.306 e. The highest BCUT2D eigenvalue weighted by molar-refractivity contribution is 5.71. The average Bonchev–Trinajstić information content (AvgIpc) is 3.19. The summed E-state index contributed by atoms with van der Waals surface area (Å²) in [5.74, 6) is -0.851. The Kier molecular flexibility index (Phi) is 44.8. The van der Waals surface area contributed by atoms with Crippen molar-refractivity contribution in [1.29, 1.82) is 0 Å². The van der Waals surface area contributed by atoms with E-state index in [1.54, 1.807) is 0 Å². The lowest BCUT2D eigenvalue weighted by atomic mass is 10.0. The van der Waals surface area contributed by atoms with Crippen LogP contribution in [0, 0.1) is 0 Å². The number of unbranched alkanes of at least 4 members (excludes halogenated alkanes) is 35. The molecule has 56 heavy (non-hydrogen) atoms. The summed E-state index contributed by atoms with van der Waals surface area (Å²) in [7, 11) is 0. The molecule has 0 aliphatic heterocycles. The summed E-state index contributed by atoms with van der Waals surface area (Å²) in [6, 6.07) is 0. The van der Waals surface area contributed by atoms with Gasteiger partial charge in [-0.05, 0) is 19.3 Å². The van der Waals surface area contributed by atoms with Crippen molar-refractivity contribution < 1.29 is 28.6 Å². The van der Waals surface area contributed by atoms with Gasteiger partial charge in [0.25, 0.3) is 0 Å². The molecule has 0 N–H and O–H groups in total. The lowest BCUT2D eigenvalue weighted by Crippen LogP contribution is -2.30. The zero-order valence-electron chi connectivity index (χ0n) is 37.9. The van der Waals surface area contributed by atoms with E-state index in [0.29, 0.717) is 19.3 Å². The fourth-order valence-electron chi connectivity index (χ4n) is 7.56. The number of rotatable bonds is 46. The first-order valence-electron chi connectivity index (χ1n) is 25.0. The van der Waals surface area contributed by atoms with Gasteiger partial charge in [0, 0.05) is 19.3 Å². The predicted octanol–water partition coefficient (Wildman–Crippen LogP) is 16.0. The molecule has 0 aromatic rings. The van der Waals surface area contributed by atoms with Gasteiger partial charge >= 0.3 is 17.9 Å². The molecule has 0 unspecified atom stereocenters. The fraction of sp³-hybridized carbons (Fsp3) is 0.940. The SMILES string of the molecule is CCCCCCCCCCCCCCCCCCCC(=O)OC[C@@H](COC(=O)CCCCCCCCCCCCCCCC)OC(=O)CCCCCCCCC. The third-order valence-electron chi connectivity index (χ3n) is 11.4. The van der Waals surface area contributed by atoms with E-state index in [-0.39, 0.29) is 31.1 Å². The van der Waals surface area contributed by atoms with E-state index in [2.05, 4.69) is 20.8 Å². The van der Waals surface area contributed by atoms with Gasteiger partial charge < -0.3 is 14.2 Å². The Balaban J connectivity index is 4.16. The Hall–Kier alpha value is -1.59. The topological polar surface area (TPSA) is 78.9 Å². The first kappa shape index (κ1) is 54.4. The van der Waals surface area contributed by atoms with E-state index in [4.69, 9.17) is 14.2 Å². The number of ether oxygens (including phenoxy) is 3. The number of esters is 3. The molecule has 0 rings (SSSR count). The van der Waals surface area contributed by atoms with Crippen LogP contribution in [-0.4, -0.2) is 37.2 Å². The molecular weight excluding hydrogens is 697 g/mol. The molecule has 0 aromatic carbocycles. The fourth-order valence-corrected chi connectivity index (χ4v) is 7.56. The Morgan fingerprint density at radius 1 is 0.286 bits per heavy atom. The van der Waals surface area contributed by atoms with Gasteiger partial charge in [-0.2, -0.15) is 0 Å². The van der Waals surface area contributed by atoms with E-state index >= 15 is 0 Å². The quantitative estimate of drug-likeness (QED) is 0.0347. The first-order valence-corrected chi connectivity index (χ1v) is 25.0. The minimum atomic E-state index is -0.758. The first-order chi connectivity index (χ1) is 27.5. The molecule has 0 saturated carbocycles. The third-order valence-corrected chi connectivity index (χ3v) is 11.4. The molecule has 332 valence electrons. The number of carbonyl (C=O) groups is 3. The maximum absolute atomic E-state index is 12.6. The van der Waals surface area contributed by atoms with Crippen molar-refractivity contribution in [3.63, 3.8) is 0 Å². The van der Waals surface area contributed by atoms with Gasteiger partial charge in [-0.25, -0.2) is 0 Å². The van der Waals surface area contributed by atoms with E-state index in [9.17, 15) is 14.4 Å². The van der Waals surface area contributed by atoms with Gasteiger partial charge in [-0.15, -0.1) is 0 Å². The van der Waals surface area contributed by atoms with Crippen molar-refractivity contribution in [2.45, 2.75) is 290 Å². The van der Waals surface area contributed by atoms with Crippen molar-refractivity contribution in [3.8, 4) is 0 Å². The van der Waals surface area contributed by atoms with Gasteiger partial charge in [-0.1, -0.05) is 245 Å². The molecule has 0 radical (unpaired) electrons. The van der Waals surface area contributed by atoms with Crippen LogP contribution in [0.1, 0.15) is 284 Å². The maximum atomic E-state index is 12.6. The van der Waals surface area contributed by atoms with E-state index in [1.165, 1.54) is 186 Å². The molecule has 6 heteroatoms. The third kappa shape index (κ3) is 43.5. The molecule has 0 bridgehead atoms. The van der Waals surface area contributed by atoms with Gasteiger partial charge in [0.2, 0.25) is 0 Å². The van der Waals surface area contributed by atoms with Crippen LogP contribution >= 0.6 is 0 Å². The molecule has 1 atom stereocenters. The minimum absolute atomic E-state index is 0.0628. The summed E-state index contributed by atoms with van der Waals surface area (Å²) in [5, 5.41) is 0. The highest BCUT2D eigenvalue weighted by atomic mass is 16.6. The highest BCUT2D eigenvalue weighted by Crippen LogP contribution is 2.16. The van der Waals surface area contributed by atoms with Gasteiger partial charge in [0.1, 0.15) is 13.2 Å². The van der Waals surface area contributed by atoms with Gasteiger partial charge in [0.05, 0.1) is 0 Å². The van der Waals surface area contributed by atoms with E-state index in [1.807, 2.05) is 0 Å². The number of carbonyl (C=O) groups excluding carboxylic acids is 3. The Bertz CT molecular complexity index is 828. The monoisotopic (exact) mass is 793 g/mol. The average molecular weight is 793 g/mol. The summed E-state index contributed by atoms with van der Waals surface area (Å²) in [6.07, 6.45) is 48.1. The Morgan fingerprint density at radius 3 is 0.714 bits per heavy atom. The molecule has 0 saturated heterocycles. The second kappa shape index (κ2) is 46.1. The van der Waals surface area contributed by atoms with Crippen molar-refractivity contribution in [1.82, 2.24) is 0 Å². The van der Waals surface area contributed by atoms with Crippen LogP contribution in [0.15, 0.2) is 0 Å². The van der Waals surface area contributed by atoms with Crippen LogP contribution in [0.3, 0.4) is 0 Å². The largest absolute Gasteiger partial charge is 0.462 e.